The van der Waals surface area contributed by atoms with Crippen LogP contribution in [0.15, 0.2) is 53.4 Å². The zero-order valence-corrected chi connectivity index (χ0v) is 20.1. The van der Waals surface area contributed by atoms with E-state index in [-0.39, 0.29) is 11.7 Å². The molecule has 1 spiro atoms. The van der Waals surface area contributed by atoms with Crippen LogP contribution in [0.1, 0.15) is 41.6 Å². The number of hydrogen-bond donors (Lipinski definition) is 3. The van der Waals surface area contributed by atoms with Crippen LogP contribution in [0.5, 0.6) is 0 Å². The van der Waals surface area contributed by atoms with Gasteiger partial charge in [-0.15, -0.1) is 0 Å². The molecule has 3 aliphatic rings. The van der Waals surface area contributed by atoms with Crippen molar-refractivity contribution in [2.45, 2.75) is 48.8 Å². The minimum atomic E-state index is -3.27. The van der Waals surface area contributed by atoms with E-state index in [0.717, 1.165) is 18.4 Å². The largest absolute Gasteiger partial charge is 0.375 e. The average molecular weight is 500 g/mol. The monoisotopic (exact) mass is 499 g/mol. The van der Waals surface area contributed by atoms with E-state index < -0.39 is 33.3 Å². The lowest BCUT2D eigenvalue weighted by atomic mass is 9.96. The number of benzene rings is 2. The summed E-state index contributed by atoms with van der Waals surface area (Å²) >= 11 is 0. The van der Waals surface area contributed by atoms with Gasteiger partial charge >= 0.3 is 0 Å². The van der Waals surface area contributed by atoms with Gasteiger partial charge in [-0.3, -0.25) is 14.8 Å². The van der Waals surface area contributed by atoms with E-state index in [2.05, 4.69) is 5.32 Å². The third-order valence-corrected chi connectivity index (χ3v) is 9.11. The van der Waals surface area contributed by atoms with Crippen LogP contribution in [0.2, 0.25) is 0 Å². The quantitative estimate of drug-likeness (QED) is 0.425. The van der Waals surface area contributed by atoms with Gasteiger partial charge in [0.15, 0.2) is 9.84 Å². The van der Waals surface area contributed by atoms with Crippen molar-refractivity contribution in [2.24, 2.45) is 5.92 Å². The Morgan fingerprint density at radius 2 is 1.89 bits per heavy atom. The molecule has 1 saturated heterocycles. The molecular formula is C25H29N3O6S. The summed E-state index contributed by atoms with van der Waals surface area (Å²) in [5, 5.41) is 12.1. The highest BCUT2D eigenvalue weighted by molar-refractivity contribution is 7.91. The van der Waals surface area contributed by atoms with Crippen molar-refractivity contribution in [3.8, 4) is 0 Å². The Labute approximate surface area is 204 Å². The van der Waals surface area contributed by atoms with E-state index in [4.69, 9.17) is 9.94 Å². The summed E-state index contributed by atoms with van der Waals surface area (Å²) in [6.45, 7) is 1.57. The number of carbonyl (C=O) groups excluding carboxylic acids is 2. The van der Waals surface area contributed by atoms with Crippen LogP contribution in [-0.2, 0) is 25.9 Å². The molecule has 35 heavy (non-hydrogen) atoms. The fourth-order valence-corrected chi connectivity index (χ4v) is 7.08. The lowest BCUT2D eigenvalue weighted by Gasteiger charge is -2.31. The molecule has 2 amide bonds. The SMILES string of the molecule is O=C(N[C@@H]1C[C@@]2(CCCO2)C[C@@H]1C(=O)NO)c1ccc(CN2CCS(=O)(=O)c3ccccc32)cc1. The second-order valence-corrected chi connectivity index (χ2v) is 11.7. The number of ether oxygens (including phenoxy) is 1. The van der Waals surface area contributed by atoms with Crippen molar-refractivity contribution >= 4 is 27.3 Å². The van der Waals surface area contributed by atoms with E-state index in [0.29, 0.717) is 48.7 Å². The van der Waals surface area contributed by atoms with Gasteiger partial charge in [-0.1, -0.05) is 24.3 Å². The minimum absolute atomic E-state index is 0.0691. The molecule has 2 aromatic carbocycles. The first-order valence-corrected chi connectivity index (χ1v) is 13.5. The number of para-hydroxylation sites is 1. The molecule has 2 aliphatic heterocycles. The normalized spacial score (nSPS) is 26.9. The van der Waals surface area contributed by atoms with Crippen molar-refractivity contribution < 1.29 is 28.0 Å². The molecule has 2 heterocycles. The Bertz CT molecular complexity index is 1220. The van der Waals surface area contributed by atoms with E-state index in [1.165, 1.54) is 0 Å². The molecule has 3 N–H and O–H groups in total. The van der Waals surface area contributed by atoms with Gasteiger partial charge in [0.25, 0.3) is 5.91 Å². The summed E-state index contributed by atoms with van der Waals surface area (Å²) in [5.74, 6) is -1.29. The molecule has 1 saturated carbocycles. The second-order valence-electron chi connectivity index (χ2n) is 9.61. The highest BCUT2D eigenvalue weighted by Crippen LogP contribution is 2.44. The summed E-state index contributed by atoms with van der Waals surface area (Å²) in [6, 6.07) is 13.8. The Hall–Kier alpha value is -2.95. The van der Waals surface area contributed by atoms with Gasteiger partial charge in [0, 0.05) is 31.3 Å². The van der Waals surface area contributed by atoms with Crippen LogP contribution in [0.4, 0.5) is 5.69 Å². The van der Waals surface area contributed by atoms with Crippen molar-refractivity contribution in [2.75, 3.05) is 23.8 Å². The summed E-state index contributed by atoms with van der Waals surface area (Å²) in [5.41, 5.74) is 3.42. The maximum absolute atomic E-state index is 13.0. The maximum atomic E-state index is 13.0. The Morgan fingerprint density at radius 3 is 2.60 bits per heavy atom. The van der Waals surface area contributed by atoms with Crippen LogP contribution in [-0.4, -0.2) is 56.0 Å². The first kappa shape index (κ1) is 23.8. The van der Waals surface area contributed by atoms with Crippen LogP contribution in [0.25, 0.3) is 0 Å². The molecule has 186 valence electrons. The minimum Gasteiger partial charge on any atom is -0.375 e. The predicted molar refractivity (Wildman–Crippen MR) is 128 cm³/mol. The number of nitrogens with zero attached hydrogens (tertiary/aromatic N) is 1. The molecule has 10 heteroatoms. The number of nitrogens with one attached hydrogen (secondary N) is 2. The molecule has 9 nitrogen and oxygen atoms in total. The Morgan fingerprint density at radius 1 is 1.11 bits per heavy atom. The first-order valence-electron chi connectivity index (χ1n) is 11.8. The number of anilines is 1. The van der Waals surface area contributed by atoms with Crippen molar-refractivity contribution in [1.82, 2.24) is 10.8 Å². The van der Waals surface area contributed by atoms with Gasteiger partial charge in [-0.25, -0.2) is 13.9 Å². The summed E-state index contributed by atoms with van der Waals surface area (Å²) < 4.78 is 30.7. The number of carbonyl (C=O) groups is 2. The molecule has 0 aromatic heterocycles. The van der Waals surface area contributed by atoms with Crippen molar-refractivity contribution in [1.29, 1.82) is 0 Å². The molecular weight excluding hydrogens is 470 g/mol. The lowest BCUT2D eigenvalue weighted by Crippen LogP contribution is -2.43. The standard InChI is InChI=1S/C25H29N3O6S/c29-23(26-20-15-25(10-3-12-34-25)14-19(20)24(30)27-31)18-8-6-17(7-9-18)16-28-11-13-35(32,33)22-5-2-1-4-21(22)28/h1-2,4-9,19-20,31H,3,10-16H2,(H,26,29)(H,27,30)/t19-,20+,25+/m0/s1. The molecule has 1 aliphatic carbocycles. The maximum Gasteiger partial charge on any atom is 0.251 e. The van der Waals surface area contributed by atoms with Crippen molar-refractivity contribution in [3.63, 3.8) is 0 Å². The highest BCUT2D eigenvalue weighted by atomic mass is 32.2. The molecule has 3 atom stereocenters. The molecule has 0 unspecified atom stereocenters. The van der Waals surface area contributed by atoms with E-state index in [1.54, 1.807) is 29.7 Å². The smallest absolute Gasteiger partial charge is 0.251 e. The highest BCUT2D eigenvalue weighted by Gasteiger charge is 2.51. The number of rotatable bonds is 5. The second kappa shape index (κ2) is 9.25. The van der Waals surface area contributed by atoms with Gasteiger partial charge in [-0.05, 0) is 55.5 Å². The predicted octanol–water partition coefficient (Wildman–Crippen LogP) is 2.04. The fraction of sp³-hybridized carbons (Fsp3) is 0.440. The van der Waals surface area contributed by atoms with Gasteiger partial charge < -0.3 is 15.0 Å². The fourth-order valence-electron chi connectivity index (χ4n) is 5.60. The van der Waals surface area contributed by atoms with E-state index in [9.17, 15) is 18.0 Å². The van der Waals surface area contributed by atoms with Gasteiger partial charge in [-0.2, -0.15) is 0 Å². The topological polar surface area (TPSA) is 125 Å². The van der Waals surface area contributed by atoms with Crippen LogP contribution < -0.4 is 15.7 Å². The zero-order chi connectivity index (χ0) is 24.6. The first-order chi connectivity index (χ1) is 16.8. The molecule has 0 bridgehead atoms. The summed E-state index contributed by atoms with van der Waals surface area (Å²) in [4.78, 5) is 27.6. The van der Waals surface area contributed by atoms with Crippen LogP contribution >= 0.6 is 0 Å². The summed E-state index contributed by atoms with van der Waals surface area (Å²) in [7, 11) is -3.27. The number of amides is 2. The van der Waals surface area contributed by atoms with E-state index in [1.807, 2.05) is 29.2 Å². The Kier molecular flexibility index (Phi) is 6.29. The third-order valence-electron chi connectivity index (χ3n) is 7.38. The average Bonchev–Trinajstić information content (AvgIpc) is 3.47. The summed E-state index contributed by atoms with van der Waals surface area (Å²) in [6.07, 6.45) is 2.76. The van der Waals surface area contributed by atoms with Crippen LogP contribution in [0, 0.1) is 5.92 Å². The Balaban J connectivity index is 1.27. The number of sulfone groups is 1. The van der Waals surface area contributed by atoms with Crippen molar-refractivity contribution in [3.05, 3.63) is 59.7 Å². The molecule has 0 radical (unpaired) electrons. The van der Waals surface area contributed by atoms with E-state index >= 15 is 0 Å². The van der Waals surface area contributed by atoms with Gasteiger partial charge in [0.2, 0.25) is 5.91 Å². The number of hydrogen-bond acceptors (Lipinski definition) is 7. The third kappa shape index (κ3) is 4.65. The van der Waals surface area contributed by atoms with Crippen LogP contribution in [0.3, 0.4) is 0 Å². The molecule has 2 fully saturated rings. The number of fused-ring (bicyclic) bond motifs is 1. The van der Waals surface area contributed by atoms with Gasteiger partial charge in [0.1, 0.15) is 0 Å². The molecule has 2 aromatic rings. The lowest BCUT2D eigenvalue weighted by molar-refractivity contribution is -0.134. The zero-order valence-electron chi connectivity index (χ0n) is 19.3. The molecule has 5 rings (SSSR count). The number of hydroxylamine groups is 1. The van der Waals surface area contributed by atoms with Gasteiger partial charge in [0.05, 0.1) is 27.9 Å².